The van der Waals surface area contributed by atoms with Gasteiger partial charge in [-0.15, -0.1) is 22.6 Å². The Balaban J connectivity index is 0.00000133. The molecule has 1 aliphatic rings. The Hall–Kier alpha value is -1.21. The van der Waals surface area contributed by atoms with Crippen molar-refractivity contribution in [3.8, 4) is 10.6 Å². The van der Waals surface area contributed by atoms with Crippen molar-refractivity contribution in [2.75, 3.05) is 18.4 Å². The molecule has 2 aromatic rings. The normalized spacial score (nSPS) is 21.9. The van der Waals surface area contributed by atoms with Gasteiger partial charge in [-0.1, -0.05) is 41.7 Å². The molecular weight excluding hydrogens is 284 g/mol. The lowest BCUT2D eigenvalue weighted by Gasteiger charge is -2.13. The zero-order valence-corrected chi connectivity index (χ0v) is 11.7. The number of nitrogens with one attached hydrogen (secondary N) is 2. The van der Waals surface area contributed by atoms with Crippen LogP contribution in [-0.4, -0.2) is 40.5 Å². The lowest BCUT2D eigenvalue weighted by atomic mass is 10.2. The molecule has 0 spiro atoms. The summed E-state index contributed by atoms with van der Waals surface area (Å²) in [5.74, 6) is 0. The molecule has 7 heteroatoms. The molecule has 1 aromatic carbocycles. The lowest BCUT2D eigenvalue weighted by molar-refractivity contribution is 0.185. The highest BCUT2D eigenvalue weighted by Gasteiger charge is 2.25. The van der Waals surface area contributed by atoms with Crippen LogP contribution in [0.25, 0.3) is 10.6 Å². The van der Waals surface area contributed by atoms with Crippen molar-refractivity contribution >= 4 is 28.9 Å². The first-order chi connectivity index (χ1) is 8.83. The smallest absolute Gasteiger partial charge is 0.206 e. The van der Waals surface area contributed by atoms with Gasteiger partial charge in [0.05, 0.1) is 12.1 Å². The zero-order chi connectivity index (χ0) is 12.4. The van der Waals surface area contributed by atoms with Crippen LogP contribution >= 0.6 is 23.7 Å². The van der Waals surface area contributed by atoms with Gasteiger partial charge < -0.3 is 15.7 Å². The number of aliphatic hydroxyl groups is 1. The number of β-amino-alcohol motifs (C(OH)–C–C–N with tert-alkyl or cyclic N) is 1. The molecule has 1 aliphatic heterocycles. The molecule has 1 aromatic heterocycles. The first-order valence-electron chi connectivity index (χ1n) is 5.87. The fourth-order valence-corrected chi connectivity index (χ4v) is 2.76. The number of hydrogen-bond donors (Lipinski definition) is 3. The van der Waals surface area contributed by atoms with E-state index in [1.165, 1.54) is 11.3 Å². The second-order valence-electron chi connectivity index (χ2n) is 4.25. The van der Waals surface area contributed by atoms with Gasteiger partial charge in [0, 0.05) is 18.7 Å². The SMILES string of the molecule is Cl.O[C@@H]1CNC[C@H]1Nc1nnc(-c2ccccc2)s1. The van der Waals surface area contributed by atoms with E-state index in [0.29, 0.717) is 6.54 Å². The second-order valence-corrected chi connectivity index (χ2v) is 5.23. The minimum atomic E-state index is -0.367. The van der Waals surface area contributed by atoms with Gasteiger partial charge in [-0.3, -0.25) is 0 Å². The van der Waals surface area contributed by atoms with Gasteiger partial charge in [0.15, 0.2) is 0 Å². The van der Waals surface area contributed by atoms with E-state index in [0.717, 1.165) is 22.2 Å². The number of aliphatic hydroxyl groups excluding tert-OH is 1. The van der Waals surface area contributed by atoms with Gasteiger partial charge in [-0.2, -0.15) is 0 Å². The summed E-state index contributed by atoms with van der Waals surface area (Å²) < 4.78 is 0. The van der Waals surface area contributed by atoms with E-state index in [2.05, 4.69) is 20.8 Å². The largest absolute Gasteiger partial charge is 0.390 e. The average molecular weight is 299 g/mol. The quantitative estimate of drug-likeness (QED) is 0.798. The summed E-state index contributed by atoms with van der Waals surface area (Å²) in [4.78, 5) is 0. The van der Waals surface area contributed by atoms with Crippen LogP contribution in [0.4, 0.5) is 5.13 Å². The topological polar surface area (TPSA) is 70.1 Å². The average Bonchev–Trinajstić information content (AvgIpc) is 3.02. The number of aromatic nitrogens is 2. The van der Waals surface area contributed by atoms with E-state index < -0.39 is 0 Å². The van der Waals surface area contributed by atoms with E-state index >= 15 is 0 Å². The summed E-state index contributed by atoms with van der Waals surface area (Å²) in [5.41, 5.74) is 1.06. The van der Waals surface area contributed by atoms with Crippen molar-refractivity contribution in [2.24, 2.45) is 0 Å². The fourth-order valence-electron chi connectivity index (χ4n) is 1.95. The summed E-state index contributed by atoms with van der Waals surface area (Å²) in [5, 5.41) is 25.9. The Morgan fingerprint density at radius 2 is 2.00 bits per heavy atom. The molecule has 2 heterocycles. The third-order valence-corrected chi connectivity index (χ3v) is 3.84. The van der Waals surface area contributed by atoms with Crippen molar-refractivity contribution in [3.05, 3.63) is 30.3 Å². The highest BCUT2D eigenvalue weighted by molar-refractivity contribution is 7.18. The van der Waals surface area contributed by atoms with Gasteiger partial charge in [-0.05, 0) is 0 Å². The van der Waals surface area contributed by atoms with E-state index in [-0.39, 0.29) is 24.6 Å². The van der Waals surface area contributed by atoms with Gasteiger partial charge in [0.25, 0.3) is 0 Å². The van der Waals surface area contributed by atoms with Crippen LogP contribution < -0.4 is 10.6 Å². The molecule has 0 amide bonds. The van der Waals surface area contributed by atoms with Crippen molar-refractivity contribution in [3.63, 3.8) is 0 Å². The maximum atomic E-state index is 9.71. The summed E-state index contributed by atoms with van der Waals surface area (Å²) in [6.07, 6.45) is -0.367. The molecule has 3 N–H and O–H groups in total. The summed E-state index contributed by atoms with van der Waals surface area (Å²) >= 11 is 1.50. The van der Waals surface area contributed by atoms with E-state index in [9.17, 15) is 5.11 Å². The van der Waals surface area contributed by atoms with Crippen LogP contribution in [-0.2, 0) is 0 Å². The van der Waals surface area contributed by atoms with Crippen molar-refractivity contribution in [2.45, 2.75) is 12.1 Å². The number of hydrogen-bond acceptors (Lipinski definition) is 6. The molecule has 19 heavy (non-hydrogen) atoms. The molecule has 0 radical (unpaired) electrons. The maximum absolute atomic E-state index is 9.71. The number of nitrogens with zero attached hydrogens (tertiary/aromatic N) is 2. The predicted molar refractivity (Wildman–Crippen MR) is 78.9 cm³/mol. The molecule has 0 bridgehead atoms. The lowest BCUT2D eigenvalue weighted by Crippen LogP contribution is -2.31. The molecule has 0 unspecified atom stereocenters. The Morgan fingerprint density at radius 3 is 2.68 bits per heavy atom. The molecule has 5 nitrogen and oxygen atoms in total. The van der Waals surface area contributed by atoms with Crippen LogP contribution in [0.5, 0.6) is 0 Å². The summed E-state index contributed by atoms with van der Waals surface area (Å²) in [6.45, 7) is 1.38. The standard InChI is InChI=1S/C12H14N4OS.ClH/c17-10-7-13-6-9(10)14-12-16-15-11(18-12)8-4-2-1-3-5-8;/h1-5,9-10,13,17H,6-7H2,(H,14,16);1H/t9-,10-;/m1./s1. The van der Waals surface area contributed by atoms with Crippen LogP contribution in [0.1, 0.15) is 0 Å². The number of halogens is 1. The van der Waals surface area contributed by atoms with Crippen LogP contribution in [0.2, 0.25) is 0 Å². The zero-order valence-electron chi connectivity index (χ0n) is 10.1. The Labute approximate surface area is 121 Å². The van der Waals surface area contributed by atoms with Crippen molar-refractivity contribution in [1.29, 1.82) is 0 Å². The fraction of sp³-hybridized carbons (Fsp3) is 0.333. The highest BCUT2D eigenvalue weighted by atomic mass is 35.5. The Bertz CT molecular complexity index is 521. The number of rotatable bonds is 3. The van der Waals surface area contributed by atoms with E-state index in [1.807, 2.05) is 30.3 Å². The predicted octanol–water partition coefficient (Wildman–Crippen LogP) is 1.37. The molecule has 0 aliphatic carbocycles. The van der Waals surface area contributed by atoms with Crippen LogP contribution in [0, 0.1) is 0 Å². The highest BCUT2D eigenvalue weighted by Crippen LogP contribution is 2.26. The van der Waals surface area contributed by atoms with Gasteiger partial charge in [0.2, 0.25) is 5.13 Å². The summed E-state index contributed by atoms with van der Waals surface area (Å²) in [6, 6.07) is 9.97. The maximum Gasteiger partial charge on any atom is 0.206 e. The molecule has 3 rings (SSSR count). The molecule has 1 fully saturated rings. The van der Waals surface area contributed by atoms with Crippen LogP contribution in [0.3, 0.4) is 0 Å². The Morgan fingerprint density at radius 1 is 1.21 bits per heavy atom. The van der Waals surface area contributed by atoms with Crippen molar-refractivity contribution in [1.82, 2.24) is 15.5 Å². The molecule has 102 valence electrons. The first-order valence-corrected chi connectivity index (χ1v) is 6.69. The molecular formula is C12H15ClN4OS. The monoisotopic (exact) mass is 298 g/mol. The van der Waals surface area contributed by atoms with E-state index in [4.69, 9.17) is 0 Å². The molecule has 0 saturated carbocycles. The van der Waals surface area contributed by atoms with Gasteiger partial charge in [0.1, 0.15) is 5.01 Å². The molecule has 1 saturated heterocycles. The minimum Gasteiger partial charge on any atom is -0.390 e. The number of benzene rings is 1. The summed E-state index contributed by atoms with van der Waals surface area (Å²) in [7, 11) is 0. The van der Waals surface area contributed by atoms with Crippen LogP contribution in [0.15, 0.2) is 30.3 Å². The number of anilines is 1. The van der Waals surface area contributed by atoms with Gasteiger partial charge >= 0.3 is 0 Å². The van der Waals surface area contributed by atoms with Crippen molar-refractivity contribution < 1.29 is 5.11 Å². The first kappa shape index (κ1) is 14.2. The van der Waals surface area contributed by atoms with Gasteiger partial charge in [-0.25, -0.2) is 0 Å². The third kappa shape index (κ3) is 3.22. The van der Waals surface area contributed by atoms with E-state index in [1.54, 1.807) is 0 Å². The second kappa shape index (κ2) is 6.29. The Kier molecular flexibility index (Phi) is 4.71. The molecule has 2 atom stereocenters. The minimum absolute atomic E-state index is 0. The third-order valence-electron chi connectivity index (χ3n) is 2.94.